The zero-order valence-electron chi connectivity index (χ0n) is 11.1. The number of rotatable bonds is 4. The van der Waals surface area contributed by atoms with Crippen molar-refractivity contribution >= 4 is 11.8 Å². The predicted octanol–water partition coefficient (Wildman–Crippen LogP) is 1.20. The Bertz CT molecular complexity index is 495. The van der Waals surface area contributed by atoms with Crippen LogP contribution in [0.25, 0.3) is 0 Å². The summed E-state index contributed by atoms with van der Waals surface area (Å²) >= 11 is 0. The fourth-order valence-corrected chi connectivity index (χ4v) is 2.33. The number of aromatic nitrogens is 1. The number of nitrogens with zero attached hydrogens (tertiary/aromatic N) is 3. The van der Waals surface area contributed by atoms with Crippen LogP contribution in [-0.4, -0.2) is 24.0 Å². The van der Waals surface area contributed by atoms with E-state index in [2.05, 4.69) is 11.1 Å². The molecule has 19 heavy (non-hydrogen) atoms. The Labute approximate surface area is 112 Å². The summed E-state index contributed by atoms with van der Waals surface area (Å²) in [5.74, 6) is 0.823. The molecule has 1 aromatic rings. The quantitative estimate of drug-likeness (QED) is 0.879. The largest absolute Gasteiger partial charge is 0.424 e. The van der Waals surface area contributed by atoms with Gasteiger partial charge in [0.15, 0.2) is 5.89 Å². The second-order valence-corrected chi connectivity index (χ2v) is 4.79. The van der Waals surface area contributed by atoms with Crippen molar-refractivity contribution in [3.8, 4) is 6.07 Å². The molecule has 0 bridgehead atoms. The maximum absolute atomic E-state index is 11.1. The maximum Gasteiger partial charge on any atom is 0.234 e. The molecule has 1 amide bonds. The number of primary amides is 1. The molecule has 2 rings (SSSR count). The van der Waals surface area contributed by atoms with Gasteiger partial charge in [-0.3, -0.25) is 4.79 Å². The number of piperidine rings is 1. The minimum atomic E-state index is -0.246. The van der Waals surface area contributed by atoms with Gasteiger partial charge in [-0.1, -0.05) is 6.92 Å². The number of hydrogen-bond donors (Lipinski definition) is 1. The first-order valence-electron chi connectivity index (χ1n) is 6.59. The van der Waals surface area contributed by atoms with Crippen LogP contribution >= 0.6 is 0 Å². The van der Waals surface area contributed by atoms with Gasteiger partial charge < -0.3 is 15.1 Å². The topological polar surface area (TPSA) is 96.1 Å². The van der Waals surface area contributed by atoms with Gasteiger partial charge in [0.1, 0.15) is 6.07 Å². The van der Waals surface area contributed by atoms with Crippen molar-refractivity contribution in [1.29, 1.82) is 5.26 Å². The molecule has 102 valence electrons. The van der Waals surface area contributed by atoms with Gasteiger partial charge in [0, 0.05) is 25.4 Å². The fraction of sp³-hybridized carbons (Fsp3) is 0.615. The van der Waals surface area contributed by atoms with E-state index in [1.54, 1.807) is 0 Å². The van der Waals surface area contributed by atoms with Crippen molar-refractivity contribution in [3.05, 3.63) is 11.6 Å². The summed E-state index contributed by atoms with van der Waals surface area (Å²) in [6.45, 7) is 3.38. The molecule has 2 heterocycles. The van der Waals surface area contributed by atoms with Crippen molar-refractivity contribution in [1.82, 2.24) is 4.98 Å². The molecule has 1 saturated heterocycles. The first kappa shape index (κ1) is 13.4. The van der Waals surface area contributed by atoms with Crippen LogP contribution in [0.4, 0.5) is 5.88 Å². The number of nitriles is 1. The minimum Gasteiger partial charge on any atom is -0.424 e. The number of hydrogen-bond acceptors (Lipinski definition) is 5. The molecule has 0 aliphatic carbocycles. The maximum atomic E-state index is 11.1. The van der Waals surface area contributed by atoms with E-state index in [4.69, 9.17) is 15.4 Å². The summed E-state index contributed by atoms with van der Waals surface area (Å²) in [5, 5.41) is 9.10. The summed E-state index contributed by atoms with van der Waals surface area (Å²) in [6.07, 6.45) is 3.05. The van der Waals surface area contributed by atoms with Gasteiger partial charge in [-0.15, -0.1) is 0 Å². The van der Waals surface area contributed by atoms with E-state index in [1.807, 2.05) is 11.8 Å². The third kappa shape index (κ3) is 2.87. The number of amides is 1. The zero-order chi connectivity index (χ0) is 13.8. The number of carbonyl (C=O) groups excluding carboxylic acids is 1. The molecule has 1 aliphatic rings. The lowest BCUT2D eigenvalue weighted by Crippen LogP contribution is -2.38. The van der Waals surface area contributed by atoms with Crippen molar-refractivity contribution in [3.63, 3.8) is 0 Å². The van der Waals surface area contributed by atoms with E-state index in [0.29, 0.717) is 43.4 Å². The summed E-state index contributed by atoms with van der Waals surface area (Å²) in [6, 6.07) is 2.07. The first-order chi connectivity index (χ1) is 9.15. The molecular formula is C13H18N4O2. The third-order valence-corrected chi connectivity index (χ3v) is 3.41. The Morgan fingerprint density at radius 2 is 2.26 bits per heavy atom. The summed E-state index contributed by atoms with van der Waals surface area (Å²) < 4.78 is 5.66. The van der Waals surface area contributed by atoms with Crippen molar-refractivity contribution < 1.29 is 9.21 Å². The van der Waals surface area contributed by atoms with Crippen LogP contribution < -0.4 is 10.6 Å². The Kier molecular flexibility index (Phi) is 4.05. The standard InChI is InChI=1S/C13H18N4O2/c1-2-3-11-16-10(8-14)13(19-11)17-6-4-9(5-7-17)12(15)18/h9H,2-7H2,1H3,(H2,15,18). The van der Waals surface area contributed by atoms with Crippen LogP contribution in [0.2, 0.25) is 0 Å². The lowest BCUT2D eigenvalue weighted by atomic mass is 9.96. The van der Waals surface area contributed by atoms with Crippen LogP contribution in [0.1, 0.15) is 37.8 Å². The number of aryl methyl sites for hydroxylation is 1. The van der Waals surface area contributed by atoms with Gasteiger partial charge in [0.25, 0.3) is 0 Å². The molecule has 2 N–H and O–H groups in total. The molecule has 6 heteroatoms. The number of oxazole rings is 1. The van der Waals surface area contributed by atoms with Crippen LogP contribution in [0.15, 0.2) is 4.42 Å². The normalized spacial score (nSPS) is 16.3. The second-order valence-electron chi connectivity index (χ2n) is 4.79. The molecule has 0 atom stereocenters. The Balaban J connectivity index is 2.10. The van der Waals surface area contributed by atoms with Gasteiger partial charge in [0.05, 0.1) is 0 Å². The monoisotopic (exact) mass is 262 g/mol. The molecule has 0 saturated carbocycles. The van der Waals surface area contributed by atoms with E-state index in [9.17, 15) is 4.79 Å². The Hall–Kier alpha value is -2.03. The highest BCUT2D eigenvalue weighted by atomic mass is 16.4. The van der Waals surface area contributed by atoms with Crippen LogP contribution in [-0.2, 0) is 11.2 Å². The molecule has 0 unspecified atom stereocenters. The van der Waals surface area contributed by atoms with E-state index in [-0.39, 0.29) is 11.8 Å². The fourth-order valence-electron chi connectivity index (χ4n) is 2.33. The molecule has 0 aromatic carbocycles. The van der Waals surface area contributed by atoms with Crippen LogP contribution in [0.5, 0.6) is 0 Å². The minimum absolute atomic E-state index is 0.0696. The number of carbonyl (C=O) groups is 1. The molecule has 1 fully saturated rings. The lowest BCUT2D eigenvalue weighted by molar-refractivity contribution is -0.122. The highest BCUT2D eigenvalue weighted by Gasteiger charge is 2.27. The van der Waals surface area contributed by atoms with Gasteiger partial charge >= 0.3 is 0 Å². The van der Waals surface area contributed by atoms with E-state index in [1.165, 1.54) is 0 Å². The van der Waals surface area contributed by atoms with Crippen molar-refractivity contribution in [2.24, 2.45) is 11.7 Å². The molecule has 1 aliphatic heterocycles. The lowest BCUT2D eigenvalue weighted by Gasteiger charge is -2.30. The van der Waals surface area contributed by atoms with Gasteiger partial charge in [-0.25, -0.2) is 4.98 Å². The van der Waals surface area contributed by atoms with Crippen molar-refractivity contribution in [2.75, 3.05) is 18.0 Å². The third-order valence-electron chi connectivity index (χ3n) is 3.41. The average Bonchev–Trinajstić information content (AvgIpc) is 2.82. The van der Waals surface area contributed by atoms with Crippen LogP contribution in [0.3, 0.4) is 0 Å². The molecule has 0 radical (unpaired) electrons. The summed E-state index contributed by atoms with van der Waals surface area (Å²) in [4.78, 5) is 17.3. The van der Waals surface area contributed by atoms with E-state index >= 15 is 0 Å². The average molecular weight is 262 g/mol. The second kappa shape index (κ2) is 5.74. The van der Waals surface area contributed by atoms with E-state index < -0.39 is 0 Å². The molecular weight excluding hydrogens is 244 g/mol. The summed E-state index contributed by atoms with van der Waals surface area (Å²) in [7, 11) is 0. The predicted molar refractivity (Wildman–Crippen MR) is 69.3 cm³/mol. The number of anilines is 1. The SMILES string of the molecule is CCCc1nc(C#N)c(N2CCC(C(N)=O)CC2)o1. The smallest absolute Gasteiger partial charge is 0.234 e. The van der Waals surface area contributed by atoms with Crippen molar-refractivity contribution in [2.45, 2.75) is 32.6 Å². The highest BCUT2D eigenvalue weighted by Crippen LogP contribution is 2.27. The van der Waals surface area contributed by atoms with Gasteiger partial charge in [0.2, 0.25) is 17.5 Å². The molecule has 6 nitrogen and oxygen atoms in total. The molecule has 0 spiro atoms. The Morgan fingerprint density at radius 1 is 1.58 bits per heavy atom. The first-order valence-corrected chi connectivity index (χ1v) is 6.59. The number of nitrogens with two attached hydrogens (primary N) is 1. The summed E-state index contributed by atoms with van der Waals surface area (Å²) in [5.41, 5.74) is 5.64. The van der Waals surface area contributed by atoms with E-state index in [0.717, 1.165) is 12.8 Å². The zero-order valence-corrected chi connectivity index (χ0v) is 11.1. The van der Waals surface area contributed by atoms with Gasteiger partial charge in [-0.2, -0.15) is 5.26 Å². The van der Waals surface area contributed by atoms with Crippen LogP contribution in [0, 0.1) is 17.2 Å². The molecule has 1 aromatic heterocycles. The Morgan fingerprint density at radius 3 is 2.79 bits per heavy atom. The van der Waals surface area contributed by atoms with Gasteiger partial charge in [-0.05, 0) is 19.3 Å². The highest BCUT2D eigenvalue weighted by molar-refractivity contribution is 5.77.